The molecule has 2 N–H and O–H groups in total. The first-order valence-electron chi connectivity index (χ1n) is 12.4. The second kappa shape index (κ2) is 8.19. The number of aliphatic hydroxyl groups is 2. The van der Waals surface area contributed by atoms with Crippen LogP contribution < -0.4 is 5.56 Å². The molecule has 1 fully saturated rings. The van der Waals surface area contributed by atoms with Crippen LogP contribution in [0.4, 0.5) is 4.39 Å². The number of rotatable bonds is 4. The van der Waals surface area contributed by atoms with Crippen LogP contribution in [0.25, 0.3) is 22.3 Å². The van der Waals surface area contributed by atoms with Crippen molar-refractivity contribution in [3.8, 4) is 11.4 Å². The zero-order valence-electron chi connectivity index (χ0n) is 20.3. The minimum Gasteiger partial charge on any atom is -0.458 e. The molecule has 1 aromatic carbocycles. The maximum Gasteiger partial charge on any atom is 0.343 e. The van der Waals surface area contributed by atoms with Crippen molar-refractivity contribution in [1.82, 2.24) is 14.5 Å². The Morgan fingerprint density at radius 2 is 2.06 bits per heavy atom. The van der Waals surface area contributed by atoms with E-state index in [-0.39, 0.29) is 48.1 Å². The van der Waals surface area contributed by atoms with Crippen LogP contribution in [0.2, 0.25) is 0 Å². The summed E-state index contributed by atoms with van der Waals surface area (Å²) in [5.74, 6) is -0.898. The monoisotopic (exact) mass is 493 g/mol. The number of benzene rings is 1. The van der Waals surface area contributed by atoms with E-state index in [0.717, 1.165) is 36.0 Å². The topological polar surface area (TPSA) is 105 Å². The minimum absolute atomic E-state index is 0.0659. The number of esters is 1. The summed E-state index contributed by atoms with van der Waals surface area (Å²) in [6, 6.07) is 4.91. The second-order valence-corrected chi connectivity index (χ2v) is 10.2. The van der Waals surface area contributed by atoms with Gasteiger partial charge in [-0.25, -0.2) is 14.2 Å². The number of aryl methyl sites for hydroxylation is 1. The molecule has 0 radical (unpaired) electrons. The molecule has 6 rings (SSSR count). The van der Waals surface area contributed by atoms with E-state index < -0.39 is 11.6 Å². The highest BCUT2D eigenvalue weighted by Crippen LogP contribution is 2.41. The van der Waals surface area contributed by atoms with Gasteiger partial charge in [-0.2, -0.15) is 0 Å². The van der Waals surface area contributed by atoms with Gasteiger partial charge < -0.3 is 19.5 Å². The van der Waals surface area contributed by atoms with Gasteiger partial charge in [-0.3, -0.25) is 9.69 Å². The summed E-state index contributed by atoms with van der Waals surface area (Å²) in [6.45, 7) is 5.83. The number of cyclic esters (lactones) is 1. The molecule has 5 heterocycles. The molecule has 2 atom stereocenters. The number of aromatic nitrogens is 2. The van der Waals surface area contributed by atoms with Crippen LogP contribution in [-0.4, -0.2) is 50.3 Å². The van der Waals surface area contributed by atoms with E-state index in [0.29, 0.717) is 35.6 Å². The lowest BCUT2D eigenvalue weighted by atomic mass is 9.86. The van der Waals surface area contributed by atoms with Crippen LogP contribution >= 0.6 is 0 Å². The van der Waals surface area contributed by atoms with Gasteiger partial charge in [0.25, 0.3) is 5.56 Å². The van der Waals surface area contributed by atoms with Gasteiger partial charge >= 0.3 is 5.97 Å². The van der Waals surface area contributed by atoms with Gasteiger partial charge in [-0.05, 0) is 55.5 Å². The molecule has 0 amide bonds. The summed E-state index contributed by atoms with van der Waals surface area (Å²) in [6.07, 6.45) is 0.974. The summed E-state index contributed by atoms with van der Waals surface area (Å²) in [5, 5.41) is 21.6. The summed E-state index contributed by atoms with van der Waals surface area (Å²) in [5.41, 5.74) is 2.26. The summed E-state index contributed by atoms with van der Waals surface area (Å²) >= 11 is 0. The highest BCUT2D eigenvalue weighted by Gasteiger charge is 2.45. The Morgan fingerprint density at radius 1 is 1.25 bits per heavy atom. The molecule has 3 aliphatic heterocycles. The normalized spacial score (nSPS) is 23.0. The fraction of sp³-hybridized carbons (Fsp3) is 0.444. The summed E-state index contributed by atoms with van der Waals surface area (Å²) in [7, 11) is 0. The van der Waals surface area contributed by atoms with E-state index in [9.17, 15) is 24.2 Å². The largest absolute Gasteiger partial charge is 0.458 e. The van der Waals surface area contributed by atoms with Crippen molar-refractivity contribution >= 4 is 16.9 Å². The van der Waals surface area contributed by atoms with E-state index in [1.807, 2.05) is 6.07 Å². The third-order valence-corrected chi connectivity index (χ3v) is 8.10. The molecule has 0 saturated carbocycles. The van der Waals surface area contributed by atoms with Crippen molar-refractivity contribution < 1.29 is 24.1 Å². The first kappa shape index (κ1) is 23.3. The highest BCUT2D eigenvalue weighted by atomic mass is 19.1. The van der Waals surface area contributed by atoms with Crippen LogP contribution in [0.1, 0.15) is 47.6 Å². The molecule has 9 heteroatoms. The van der Waals surface area contributed by atoms with Crippen LogP contribution in [0.3, 0.4) is 0 Å². The Morgan fingerprint density at radius 3 is 2.78 bits per heavy atom. The number of aliphatic hydroxyl groups excluding tert-OH is 1. The molecule has 2 aromatic heterocycles. The van der Waals surface area contributed by atoms with E-state index >= 15 is 0 Å². The Labute approximate surface area is 206 Å². The SMILES string of the molecule is CC[C@@]1(O)C(=O)OCc2c1cc1n(c2=O)Cc2c-1nc1cc(F)c(C)cc1c2CN1CCC(CO)C1. The number of carbonyl (C=O) groups excluding carboxylic acids is 1. The Balaban J connectivity index is 1.57. The standard InChI is InChI=1S/C27H28FN3O5/c1-3-27(35)20-7-23-24-18(11-31(23)25(33)19(20)13-36-26(27)34)17(10-30-5-4-15(9-30)12-32)16-6-14(2)21(28)8-22(16)29-24/h6-8,15,32,35H,3-5,9-13H2,1-2H3/t15?,27-/m0/s1. The zero-order chi connectivity index (χ0) is 25.4. The average molecular weight is 494 g/mol. The van der Waals surface area contributed by atoms with Gasteiger partial charge in [0.05, 0.1) is 29.0 Å². The van der Waals surface area contributed by atoms with E-state index in [4.69, 9.17) is 9.72 Å². The molecule has 0 bridgehead atoms. The number of hydrogen-bond donors (Lipinski definition) is 2. The third-order valence-electron chi connectivity index (χ3n) is 8.10. The molecule has 0 spiro atoms. The van der Waals surface area contributed by atoms with Gasteiger partial charge in [0.2, 0.25) is 0 Å². The predicted molar refractivity (Wildman–Crippen MR) is 130 cm³/mol. The van der Waals surface area contributed by atoms with Gasteiger partial charge in [-0.1, -0.05) is 6.92 Å². The summed E-state index contributed by atoms with van der Waals surface area (Å²) < 4.78 is 21.4. The number of halogens is 1. The number of nitrogens with zero attached hydrogens (tertiary/aromatic N) is 3. The maximum absolute atomic E-state index is 14.6. The highest BCUT2D eigenvalue weighted by molar-refractivity contribution is 5.89. The van der Waals surface area contributed by atoms with Crippen LogP contribution in [0.5, 0.6) is 0 Å². The number of ether oxygens (including phenoxy) is 1. The molecular weight excluding hydrogens is 465 g/mol. The number of pyridine rings is 2. The quantitative estimate of drug-likeness (QED) is 0.421. The van der Waals surface area contributed by atoms with Crippen molar-refractivity contribution in [3.05, 3.63) is 62.2 Å². The fourth-order valence-electron chi connectivity index (χ4n) is 5.90. The van der Waals surface area contributed by atoms with Crippen molar-refractivity contribution in [2.45, 2.75) is 52.0 Å². The fourth-order valence-corrected chi connectivity index (χ4v) is 5.90. The van der Waals surface area contributed by atoms with Gasteiger partial charge in [0.1, 0.15) is 12.4 Å². The van der Waals surface area contributed by atoms with Gasteiger partial charge in [-0.15, -0.1) is 0 Å². The first-order valence-corrected chi connectivity index (χ1v) is 12.4. The second-order valence-electron chi connectivity index (χ2n) is 10.2. The molecule has 188 valence electrons. The van der Waals surface area contributed by atoms with E-state index in [2.05, 4.69) is 4.90 Å². The van der Waals surface area contributed by atoms with Gasteiger partial charge in [0.15, 0.2) is 5.60 Å². The van der Waals surface area contributed by atoms with Crippen LogP contribution in [0, 0.1) is 18.7 Å². The number of hydrogen-bond acceptors (Lipinski definition) is 7. The first-order chi connectivity index (χ1) is 17.2. The number of likely N-dealkylation sites (tertiary alicyclic amines) is 1. The Kier molecular flexibility index (Phi) is 5.30. The lowest BCUT2D eigenvalue weighted by Gasteiger charge is -2.31. The van der Waals surface area contributed by atoms with Crippen LogP contribution in [-0.2, 0) is 34.8 Å². The molecule has 8 nitrogen and oxygen atoms in total. The molecular formula is C27H28FN3O5. The Hall–Kier alpha value is -3.14. The van der Waals surface area contributed by atoms with Crippen LogP contribution in [0.15, 0.2) is 23.0 Å². The molecule has 0 aliphatic carbocycles. The van der Waals surface area contributed by atoms with E-state index in [1.165, 1.54) is 6.07 Å². The van der Waals surface area contributed by atoms with Crippen molar-refractivity contribution in [2.75, 3.05) is 19.7 Å². The molecule has 1 saturated heterocycles. The van der Waals surface area contributed by atoms with Crippen molar-refractivity contribution in [2.24, 2.45) is 5.92 Å². The molecule has 36 heavy (non-hydrogen) atoms. The summed E-state index contributed by atoms with van der Waals surface area (Å²) in [4.78, 5) is 33.1. The third kappa shape index (κ3) is 3.26. The smallest absolute Gasteiger partial charge is 0.343 e. The van der Waals surface area contributed by atoms with E-state index in [1.54, 1.807) is 24.5 Å². The van der Waals surface area contributed by atoms with Crippen molar-refractivity contribution in [1.29, 1.82) is 0 Å². The average Bonchev–Trinajstić information content (AvgIpc) is 3.47. The Bertz CT molecular complexity index is 1500. The number of fused-ring (bicyclic) bond motifs is 5. The van der Waals surface area contributed by atoms with Gasteiger partial charge in [0, 0.05) is 42.3 Å². The number of carbonyl (C=O) groups is 1. The minimum atomic E-state index is -1.90. The molecule has 3 aromatic rings. The lowest BCUT2D eigenvalue weighted by molar-refractivity contribution is -0.172. The zero-order valence-corrected chi connectivity index (χ0v) is 20.3. The predicted octanol–water partition coefficient (Wildman–Crippen LogP) is 2.34. The maximum atomic E-state index is 14.6. The van der Waals surface area contributed by atoms with Crippen molar-refractivity contribution in [3.63, 3.8) is 0 Å². The molecule has 1 unspecified atom stereocenters. The molecule has 3 aliphatic rings. The lowest BCUT2D eigenvalue weighted by Crippen LogP contribution is -2.44.